The quantitative estimate of drug-likeness (QED) is 0.892. The molecule has 2 aromatic carbocycles. The first-order valence-corrected chi connectivity index (χ1v) is 5.76. The van der Waals surface area contributed by atoms with E-state index in [4.69, 9.17) is 4.74 Å². The summed E-state index contributed by atoms with van der Waals surface area (Å²) < 4.78 is 5.05. The van der Waals surface area contributed by atoms with Crippen LogP contribution in [-0.2, 0) is 6.54 Å². The van der Waals surface area contributed by atoms with Crippen LogP contribution in [-0.4, -0.2) is 13.0 Å². The smallest absolute Gasteiger partial charge is 0.251 e. The topological polar surface area (TPSA) is 38.3 Å². The van der Waals surface area contributed by atoms with Crippen molar-refractivity contribution in [2.75, 3.05) is 7.11 Å². The molecule has 2 rings (SSSR count). The fourth-order valence-corrected chi connectivity index (χ4v) is 1.62. The number of ether oxygens (including phenoxy) is 1. The van der Waals surface area contributed by atoms with E-state index in [0.29, 0.717) is 12.1 Å². The number of carbonyl (C=O) groups is 1. The number of hydrogen-bond acceptors (Lipinski definition) is 2. The molecule has 0 saturated heterocycles. The van der Waals surface area contributed by atoms with Crippen LogP contribution < -0.4 is 10.1 Å². The van der Waals surface area contributed by atoms with Gasteiger partial charge in [0, 0.05) is 12.1 Å². The van der Waals surface area contributed by atoms with E-state index in [1.807, 2.05) is 30.3 Å². The Labute approximate surface area is 106 Å². The molecule has 1 amide bonds. The molecule has 2 aromatic rings. The monoisotopic (exact) mass is 240 g/mol. The number of benzene rings is 2. The number of amides is 1. The van der Waals surface area contributed by atoms with E-state index in [1.54, 1.807) is 31.4 Å². The van der Waals surface area contributed by atoms with Crippen molar-refractivity contribution in [1.29, 1.82) is 0 Å². The summed E-state index contributed by atoms with van der Waals surface area (Å²) in [6.07, 6.45) is 0. The molecule has 0 aliphatic carbocycles. The lowest BCUT2D eigenvalue weighted by Gasteiger charge is -2.06. The summed E-state index contributed by atoms with van der Waals surface area (Å²) in [5.41, 5.74) is 1.71. The van der Waals surface area contributed by atoms with Gasteiger partial charge in [-0.2, -0.15) is 0 Å². The van der Waals surface area contributed by atoms with Crippen LogP contribution in [0.15, 0.2) is 54.6 Å². The molecule has 92 valence electrons. The molecule has 0 bridgehead atoms. The summed E-state index contributed by atoms with van der Waals surface area (Å²) in [6, 6.07) is 16.9. The van der Waals surface area contributed by atoms with E-state index in [0.717, 1.165) is 11.3 Å². The van der Waals surface area contributed by atoms with Crippen LogP contribution in [0.25, 0.3) is 0 Å². The Morgan fingerprint density at radius 1 is 1.06 bits per heavy atom. The third kappa shape index (κ3) is 3.10. The average molecular weight is 240 g/mol. The first kappa shape index (κ1) is 12.2. The molecular formula is C15H15NO2. The molecule has 0 aromatic heterocycles. The van der Waals surface area contributed by atoms with Gasteiger partial charge in [0.05, 0.1) is 7.11 Å². The minimum absolute atomic E-state index is 0.0819. The van der Waals surface area contributed by atoms with Gasteiger partial charge in [0.15, 0.2) is 0 Å². The normalized spacial score (nSPS) is 9.83. The van der Waals surface area contributed by atoms with Crippen LogP contribution in [0.2, 0.25) is 0 Å². The van der Waals surface area contributed by atoms with Gasteiger partial charge in [-0.25, -0.2) is 0 Å². The Hall–Kier alpha value is -2.29. The van der Waals surface area contributed by atoms with E-state index in [1.165, 1.54) is 0 Å². The highest BCUT2D eigenvalue weighted by Gasteiger charge is 2.04. The standard InChI is InChI=1S/C15H15NO2/c1-18-14-9-7-13(8-10-14)15(17)16-11-12-5-3-2-4-6-12/h2-10H,11H2,1H3,(H,16,17)/i15-1. The molecule has 0 unspecified atom stereocenters. The maximum absolute atomic E-state index is 11.9. The number of rotatable bonds is 4. The molecule has 0 fully saturated rings. The molecule has 3 nitrogen and oxygen atoms in total. The number of nitrogens with one attached hydrogen (secondary N) is 1. The predicted molar refractivity (Wildman–Crippen MR) is 70.6 cm³/mol. The van der Waals surface area contributed by atoms with Gasteiger partial charge in [0.25, 0.3) is 5.91 Å². The third-order valence-electron chi connectivity index (χ3n) is 2.65. The fourth-order valence-electron chi connectivity index (χ4n) is 1.62. The van der Waals surface area contributed by atoms with Gasteiger partial charge < -0.3 is 10.1 Å². The lowest BCUT2D eigenvalue weighted by molar-refractivity contribution is 0.0951. The average Bonchev–Trinajstić information content (AvgIpc) is 2.46. The molecule has 0 aliphatic rings. The van der Waals surface area contributed by atoms with Gasteiger partial charge in [-0.05, 0) is 29.8 Å². The van der Waals surface area contributed by atoms with E-state index < -0.39 is 0 Å². The first-order chi connectivity index (χ1) is 8.79. The Kier molecular flexibility index (Phi) is 3.97. The Balaban J connectivity index is 1.95. The second-order valence-corrected chi connectivity index (χ2v) is 3.90. The number of methoxy groups -OCH3 is 1. The summed E-state index contributed by atoms with van der Waals surface area (Å²) in [7, 11) is 1.60. The second-order valence-electron chi connectivity index (χ2n) is 3.90. The minimum atomic E-state index is -0.0819. The molecule has 0 saturated carbocycles. The van der Waals surface area contributed by atoms with Crippen molar-refractivity contribution in [2.24, 2.45) is 0 Å². The third-order valence-corrected chi connectivity index (χ3v) is 2.65. The van der Waals surface area contributed by atoms with Crippen molar-refractivity contribution in [3.05, 3.63) is 65.7 Å². The van der Waals surface area contributed by atoms with Crippen molar-refractivity contribution in [2.45, 2.75) is 6.54 Å². The molecule has 0 heterocycles. The Bertz CT molecular complexity index is 506. The van der Waals surface area contributed by atoms with E-state index in [9.17, 15) is 4.79 Å². The lowest BCUT2D eigenvalue weighted by atomic mass is 9.88. The van der Waals surface area contributed by atoms with E-state index >= 15 is 0 Å². The minimum Gasteiger partial charge on any atom is -0.497 e. The maximum atomic E-state index is 11.9. The Morgan fingerprint density at radius 3 is 2.33 bits per heavy atom. The number of hydrogen-bond donors (Lipinski definition) is 1. The van der Waals surface area contributed by atoms with Crippen LogP contribution in [0, 0.1) is 0 Å². The predicted octanol–water partition coefficient (Wildman–Crippen LogP) is 2.63. The van der Waals surface area contributed by atoms with Crippen molar-refractivity contribution < 1.29 is 9.53 Å². The van der Waals surface area contributed by atoms with Crippen LogP contribution in [0.1, 0.15) is 15.9 Å². The summed E-state index contributed by atoms with van der Waals surface area (Å²) in [5.74, 6) is 0.663. The van der Waals surface area contributed by atoms with Crippen LogP contribution in [0.4, 0.5) is 0 Å². The zero-order valence-electron chi connectivity index (χ0n) is 10.2. The van der Waals surface area contributed by atoms with E-state index in [2.05, 4.69) is 5.32 Å². The van der Waals surface area contributed by atoms with Gasteiger partial charge in [0.1, 0.15) is 5.75 Å². The van der Waals surface area contributed by atoms with Gasteiger partial charge in [-0.1, -0.05) is 30.3 Å². The second kappa shape index (κ2) is 5.87. The van der Waals surface area contributed by atoms with Gasteiger partial charge >= 0.3 is 0 Å². The largest absolute Gasteiger partial charge is 0.497 e. The van der Waals surface area contributed by atoms with Crippen LogP contribution >= 0.6 is 0 Å². The van der Waals surface area contributed by atoms with Crippen LogP contribution in [0.5, 0.6) is 5.75 Å². The van der Waals surface area contributed by atoms with Crippen molar-refractivity contribution >= 4 is 5.91 Å². The summed E-state index contributed by atoms with van der Waals surface area (Å²) >= 11 is 0. The summed E-state index contributed by atoms with van der Waals surface area (Å²) in [4.78, 5) is 11.9. The molecule has 0 spiro atoms. The highest BCUT2D eigenvalue weighted by Crippen LogP contribution is 2.11. The lowest BCUT2D eigenvalue weighted by Crippen LogP contribution is -2.22. The van der Waals surface area contributed by atoms with Crippen molar-refractivity contribution in [3.63, 3.8) is 0 Å². The maximum Gasteiger partial charge on any atom is 0.251 e. The summed E-state index contributed by atoms with van der Waals surface area (Å²) in [5, 5.41) is 2.87. The molecule has 0 atom stereocenters. The van der Waals surface area contributed by atoms with Gasteiger partial charge in [0.2, 0.25) is 0 Å². The first-order valence-electron chi connectivity index (χ1n) is 5.76. The molecular weight excluding hydrogens is 225 g/mol. The summed E-state index contributed by atoms with van der Waals surface area (Å²) in [6.45, 7) is 0.533. The van der Waals surface area contributed by atoms with Crippen molar-refractivity contribution in [3.8, 4) is 5.75 Å². The fraction of sp³-hybridized carbons (Fsp3) is 0.133. The van der Waals surface area contributed by atoms with E-state index in [-0.39, 0.29) is 5.91 Å². The van der Waals surface area contributed by atoms with Crippen molar-refractivity contribution in [1.82, 2.24) is 5.32 Å². The Morgan fingerprint density at radius 2 is 1.72 bits per heavy atom. The van der Waals surface area contributed by atoms with Crippen LogP contribution in [0.3, 0.4) is 0 Å². The molecule has 1 N–H and O–H groups in total. The highest BCUT2D eigenvalue weighted by molar-refractivity contribution is 5.94. The SMILES string of the molecule is COc1ccc([11C](=O)NCc2ccccc2)cc1. The zero-order chi connectivity index (χ0) is 12.8. The molecule has 0 radical (unpaired) electrons. The zero-order valence-corrected chi connectivity index (χ0v) is 10.2. The number of carbonyl (C=O) groups excluding carboxylic acids is 1. The molecule has 3 heteroatoms. The van der Waals surface area contributed by atoms with Gasteiger partial charge in [-0.15, -0.1) is 0 Å². The highest BCUT2D eigenvalue weighted by atomic mass is 16.5. The molecule has 0 aliphatic heterocycles. The van der Waals surface area contributed by atoms with Gasteiger partial charge in [-0.3, -0.25) is 4.79 Å². The molecule has 18 heavy (non-hydrogen) atoms.